The number of aliphatic hydroxyl groups is 1. The number of anilines is 2. The number of ether oxygens (including phenoxy) is 2. The molecule has 2 aliphatic rings. The van der Waals surface area contributed by atoms with E-state index in [1.807, 2.05) is 72.8 Å². The molecule has 0 radical (unpaired) electrons. The van der Waals surface area contributed by atoms with Gasteiger partial charge in [-0.05, 0) is 47.5 Å². The molecular formula is C38H38N6O6. The van der Waals surface area contributed by atoms with Gasteiger partial charge in [0.2, 0.25) is 0 Å². The van der Waals surface area contributed by atoms with Gasteiger partial charge in [0.15, 0.2) is 6.29 Å². The van der Waals surface area contributed by atoms with Crippen molar-refractivity contribution in [1.82, 2.24) is 14.9 Å². The molecule has 50 heavy (non-hydrogen) atoms. The first-order chi connectivity index (χ1) is 24.3. The molecule has 1 amide bonds. The lowest BCUT2D eigenvalue weighted by atomic mass is 9.90. The van der Waals surface area contributed by atoms with Crippen molar-refractivity contribution >= 4 is 34.0 Å². The van der Waals surface area contributed by atoms with Gasteiger partial charge in [-0.15, -0.1) is 0 Å². The number of fused-ring (bicyclic) bond motifs is 1. The van der Waals surface area contributed by atoms with Crippen LogP contribution >= 0.6 is 0 Å². The molecule has 0 bridgehead atoms. The van der Waals surface area contributed by atoms with E-state index in [0.29, 0.717) is 23.3 Å². The van der Waals surface area contributed by atoms with Crippen LogP contribution in [-0.2, 0) is 16.1 Å². The number of hydrogen-bond acceptors (Lipinski definition) is 10. The summed E-state index contributed by atoms with van der Waals surface area (Å²) >= 11 is 0. The highest BCUT2D eigenvalue weighted by Gasteiger charge is 2.39. The molecule has 0 saturated carbocycles. The summed E-state index contributed by atoms with van der Waals surface area (Å²) in [6.07, 6.45) is 0.323. The minimum Gasteiger partial charge on any atom is -0.392 e. The minimum absolute atomic E-state index is 0.00768. The summed E-state index contributed by atoms with van der Waals surface area (Å²) in [5, 5.41) is 23.6. The Kier molecular flexibility index (Phi) is 9.76. The third-order valence-electron chi connectivity index (χ3n) is 9.46. The Hall–Kier alpha value is -5.27. The molecule has 3 heterocycles. The predicted molar refractivity (Wildman–Crippen MR) is 189 cm³/mol. The number of nitrogens with one attached hydrogen (secondary N) is 1. The smallest absolute Gasteiger partial charge is 0.275 e. The zero-order valence-corrected chi connectivity index (χ0v) is 27.6. The maximum atomic E-state index is 13.2. The molecule has 5 aromatic rings. The Balaban J connectivity index is 1.07. The molecule has 0 aliphatic carbocycles. The number of benzene rings is 4. The standard InChI is InChI=1S/C38H38N6O6/c1-25-35(23-42-17-19-43(20-18-42)30-13-15-31(16-14-30)44(47)48)49-38(50-36(25)27-11-9-26(24-45)10-12-27)28-5-4-6-29(21-28)40-37(46)34-22-39-32-7-2-3-8-33(32)41-34/h2-16,21-22,25,35-36,38,45H,17-20,23-24H2,1H3,(H,40,46)/t25-,35+,36+,38+/m0/s1. The second kappa shape index (κ2) is 14.7. The topological polar surface area (TPSA) is 143 Å². The molecule has 2 fully saturated rings. The Labute approximate surface area is 289 Å². The normalized spacial score (nSPS) is 21.2. The van der Waals surface area contributed by atoms with Crippen LogP contribution in [0.4, 0.5) is 17.1 Å². The van der Waals surface area contributed by atoms with Gasteiger partial charge >= 0.3 is 0 Å². The highest BCUT2D eigenvalue weighted by molar-refractivity contribution is 6.03. The van der Waals surface area contributed by atoms with Crippen molar-refractivity contribution in [1.29, 1.82) is 0 Å². The minimum atomic E-state index is -0.697. The molecule has 7 rings (SSSR count). The van der Waals surface area contributed by atoms with Crippen molar-refractivity contribution in [3.63, 3.8) is 0 Å². The number of hydrogen-bond donors (Lipinski definition) is 2. The lowest BCUT2D eigenvalue weighted by molar-refractivity contribution is -0.384. The molecule has 2 saturated heterocycles. The summed E-state index contributed by atoms with van der Waals surface area (Å²) in [7, 11) is 0. The van der Waals surface area contributed by atoms with Crippen LogP contribution in [-0.4, -0.2) is 69.6 Å². The third-order valence-corrected chi connectivity index (χ3v) is 9.46. The van der Waals surface area contributed by atoms with Gasteiger partial charge in [-0.3, -0.25) is 24.8 Å². The van der Waals surface area contributed by atoms with Gasteiger partial charge in [-0.25, -0.2) is 4.98 Å². The molecule has 0 unspecified atom stereocenters. The number of para-hydroxylation sites is 2. The second-order valence-electron chi connectivity index (χ2n) is 12.7. The SMILES string of the molecule is C[C@H]1[C@@H](CN2CCN(c3ccc([N+](=O)[O-])cc3)CC2)O[C@@H](c2cccc(NC(=O)c3cnc4ccccc4n3)c2)O[C@H]1c1ccc(CO)cc1. The summed E-state index contributed by atoms with van der Waals surface area (Å²) in [6.45, 7) is 5.98. The molecule has 4 atom stereocenters. The highest BCUT2D eigenvalue weighted by Crippen LogP contribution is 2.42. The lowest BCUT2D eigenvalue weighted by Crippen LogP contribution is -2.51. The summed E-state index contributed by atoms with van der Waals surface area (Å²) in [5.74, 6) is -0.361. The predicted octanol–water partition coefficient (Wildman–Crippen LogP) is 5.90. The van der Waals surface area contributed by atoms with E-state index in [2.05, 4.69) is 32.0 Å². The number of non-ortho nitro benzene ring substituents is 1. The van der Waals surface area contributed by atoms with Crippen molar-refractivity contribution in [2.24, 2.45) is 5.92 Å². The van der Waals surface area contributed by atoms with Crippen LogP contribution in [0.15, 0.2) is 103 Å². The van der Waals surface area contributed by atoms with Gasteiger partial charge in [-0.1, -0.05) is 55.5 Å². The molecule has 1 aromatic heterocycles. The van der Waals surface area contributed by atoms with E-state index in [-0.39, 0.29) is 46.9 Å². The van der Waals surface area contributed by atoms with Crippen LogP contribution in [0.2, 0.25) is 0 Å². The first-order valence-corrected chi connectivity index (χ1v) is 16.7. The molecule has 0 spiro atoms. The van der Waals surface area contributed by atoms with E-state index in [4.69, 9.17) is 9.47 Å². The number of nitrogens with zero attached hydrogens (tertiary/aromatic N) is 5. The fraction of sp³-hybridized carbons (Fsp3) is 0.289. The number of aromatic nitrogens is 2. The number of piperazine rings is 1. The summed E-state index contributed by atoms with van der Waals surface area (Å²) in [4.78, 5) is 37.4. The van der Waals surface area contributed by atoms with Gasteiger partial charge in [-0.2, -0.15) is 0 Å². The highest BCUT2D eigenvalue weighted by atomic mass is 16.7. The number of aliphatic hydroxyl groups excluding tert-OH is 1. The average Bonchev–Trinajstić information content (AvgIpc) is 3.16. The van der Waals surface area contributed by atoms with Crippen molar-refractivity contribution in [3.05, 3.63) is 136 Å². The van der Waals surface area contributed by atoms with Crippen LogP contribution in [0.1, 0.15) is 46.5 Å². The van der Waals surface area contributed by atoms with Gasteiger partial charge in [0.05, 0.1) is 41.0 Å². The van der Waals surface area contributed by atoms with Crippen molar-refractivity contribution in [2.75, 3.05) is 42.9 Å². The molecule has 12 nitrogen and oxygen atoms in total. The zero-order chi connectivity index (χ0) is 34.6. The van der Waals surface area contributed by atoms with Crippen LogP contribution in [0.3, 0.4) is 0 Å². The van der Waals surface area contributed by atoms with Gasteiger partial charge in [0, 0.05) is 67.7 Å². The quantitative estimate of drug-likeness (QED) is 0.143. The first-order valence-electron chi connectivity index (χ1n) is 16.7. The number of nitro groups is 1. The third kappa shape index (κ3) is 7.33. The van der Waals surface area contributed by atoms with Crippen LogP contribution in [0.5, 0.6) is 0 Å². The summed E-state index contributed by atoms with van der Waals surface area (Å²) < 4.78 is 13.4. The number of amides is 1. The van der Waals surface area contributed by atoms with Crippen molar-refractivity contribution in [2.45, 2.75) is 32.0 Å². The van der Waals surface area contributed by atoms with E-state index in [1.165, 1.54) is 6.20 Å². The van der Waals surface area contributed by atoms with Crippen molar-refractivity contribution < 1.29 is 24.3 Å². The zero-order valence-electron chi connectivity index (χ0n) is 27.6. The first kappa shape index (κ1) is 33.2. The van der Waals surface area contributed by atoms with Gasteiger partial charge < -0.3 is 24.8 Å². The van der Waals surface area contributed by atoms with Gasteiger partial charge in [0.1, 0.15) is 5.69 Å². The molecule has 4 aromatic carbocycles. The maximum absolute atomic E-state index is 13.2. The van der Waals surface area contributed by atoms with E-state index < -0.39 is 6.29 Å². The van der Waals surface area contributed by atoms with E-state index in [1.54, 1.807) is 24.3 Å². The average molecular weight is 675 g/mol. The number of carbonyl (C=O) groups excluding carboxylic acids is 1. The number of rotatable bonds is 9. The van der Waals surface area contributed by atoms with E-state index in [9.17, 15) is 20.0 Å². The van der Waals surface area contributed by atoms with Gasteiger partial charge in [0.25, 0.3) is 11.6 Å². The molecule has 2 N–H and O–H groups in total. The van der Waals surface area contributed by atoms with Crippen LogP contribution < -0.4 is 10.2 Å². The fourth-order valence-electron chi connectivity index (χ4n) is 6.58. The fourth-order valence-corrected chi connectivity index (χ4v) is 6.58. The van der Waals surface area contributed by atoms with Crippen LogP contribution in [0, 0.1) is 16.0 Å². The maximum Gasteiger partial charge on any atom is 0.275 e. The summed E-state index contributed by atoms with van der Waals surface area (Å²) in [5.41, 5.74) is 5.80. The summed E-state index contributed by atoms with van der Waals surface area (Å²) in [6, 6.07) is 29.4. The molecule has 2 aliphatic heterocycles. The molecule has 256 valence electrons. The monoisotopic (exact) mass is 674 g/mol. The Bertz CT molecular complexity index is 1970. The Morgan fingerprint density at radius 2 is 1.66 bits per heavy atom. The van der Waals surface area contributed by atoms with E-state index in [0.717, 1.165) is 48.6 Å². The van der Waals surface area contributed by atoms with Crippen molar-refractivity contribution in [3.8, 4) is 0 Å². The number of carbonyl (C=O) groups is 1. The van der Waals surface area contributed by atoms with Crippen LogP contribution in [0.25, 0.3) is 11.0 Å². The Morgan fingerprint density at radius 3 is 2.38 bits per heavy atom. The second-order valence-corrected chi connectivity index (χ2v) is 12.7. The Morgan fingerprint density at radius 1 is 0.920 bits per heavy atom. The molecule has 12 heteroatoms. The number of nitro benzene ring substituents is 1. The van der Waals surface area contributed by atoms with E-state index >= 15 is 0 Å². The largest absolute Gasteiger partial charge is 0.392 e. The molecular weight excluding hydrogens is 636 g/mol. The lowest BCUT2D eigenvalue weighted by Gasteiger charge is -2.44.